The first-order valence-electron chi connectivity index (χ1n) is 11.5. The molecular formula is C26H29F4N3O5S. The van der Waals surface area contributed by atoms with Gasteiger partial charge < -0.3 is 10.1 Å². The predicted molar refractivity (Wildman–Crippen MR) is 138 cm³/mol. The highest BCUT2D eigenvalue weighted by Gasteiger charge is 2.38. The number of halogens is 4. The molecule has 0 saturated heterocycles. The summed E-state index contributed by atoms with van der Waals surface area (Å²) in [5.41, 5.74) is -2.29. The molecule has 2 N–H and O–H groups in total. The third-order valence-electron chi connectivity index (χ3n) is 5.65. The quantitative estimate of drug-likeness (QED) is 0.396. The molecule has 0 unspecified atom stereocenters. The van der Waals surface area contributed by atoms with Gasteiger partial charge in [0.05, 0.1) is 10.3 Å². The highest BCUT2D eigenvalue weighted by atomic mass is 32.2. The highest BCUT2D eigenvalue weighted by Crippen LogP contribution is 2.32. The van der Waals surface area contributed by atoms with Gasteiger partial charge in [0.15, 0.2) is 0 Å². The number of alkyl halides is 3. The van der Waals surface area contributed by atoms with Crippen LogP contribution in [0.25, 0.3) is 10.8 Å². The van der Waals surface area contributed by atoms with Crippen molar-refractivity contribution in [3.63, 3.8) is 0 Å². The van der Waals surface area contributed by atoms with Crippen molar-refractivity contribution in [2.24, 2.45) is 0 Å². The summed E-state index contributed by atoms with van der Waals surface area (Å²) in [4.78, 5) is 29.5. The molecule has 0 aliphatic carbocycles. The largest absolute Gasteiger partial charge is 0.487 e. The van der Waals surface area contributed by atoms with Crippen molar-refractivity contribution in [3.05, 3.63) is 71.5 Å². The first-order valence-corrected chi connectivity index (χ1v) is 13.0. The van der Waals surface area contributed by atoms with E-state index in [0.717, 1.165) is 17.6 Å². The number of rotatable bonds is 7. The number of ether oxygens (including phenoxy) is 1. The van der Waals surface area contributed by atoms with Crippen LogP contribution in [-0.2, 0) is 27.6 Å². The Bertz CT molecular complexity index is 1470. The molecule has 2 aromatic carbocycles. The van der Waals surface area contributed by atoms with Crippen LogP contribution in [0, 0.1) is 0 Å². The molecule has 8 nitrogen and oxygen atoms in total. The summed E-state index contributed by atoms with van der Waals surface area (Å²) in [5.74, 6) is -1.51. The summed E-state index contributed by atoms with van der Waals surface area (Å²) in [6.45, 7) is 6.81. The number of hydrogen-bond donors (Lipinski definition) is 2. The fourth-order valence-electron chi connectivity index (χ4n) is 3.22. The van der Waals surface area contributed by atoms with E-state index in [1.54, 1.807) is 30.3 Å². The van der Waals surface area contributed by atoms with Crippen LogP contribution in [0.5, 0.6) is 5.75 Å². The molecule has 0 radical (unpaired) electrons. The van der Waals surface area contributed by atoms with E-state index in [1.807, 2.05) is 4.72 Å². The molecule has 0 bridgehead atoms. The Morgan fingerprint density at radius 2 is 1.59 bits per heavy atom. The van der Waals surface area contributed by atoms with Crippen LogP contribution in [0.2, 0.25) is 0 Å². The fourth-order valence-corrected chi connectivity index (χ4v) is 4.03. The Balaban J connectivity index is 0.00000533. The molecule has 3 aromatic rings. The third kappa shape index (κ3) is 7.22. The smallest absolute Gasteiger partial charge is 0.433 e. The molecular weight excluding hydrogens is 542 g/mol. The van der Waals surface area contributed by atoms with Crippen molar-refractivity contribution < 1.29 is 40.6 Å². The third-order valence-corrected chi connectivity index (χ3v) is 7.72. The minimum absolute atomic E-state index is 0. The maximum absolute atomic E-state index is 13.3. The average molecular weight is 572 g/mol. The predicted octanol–water partition coefficient (Wildman–Crippen LogP) is 4.74. The number of fused-ring (bicyclic) bond motifs is 1. The summed E-state index contributed by atoms with van der Waals surface area (Å²) in [6, 6.07) is 12.2. The number of carbonyl (C=O) groups is 2. The van der Waals surface area contributed by atoms with Gasteiger partial charge in [0.2, 0.25) is 10.0 Å². The van der Waals surface area contributed by atoms with E-state index >= 15 is 0 Å². The van der Waals surface area contributed by atoms with Crippen molar-refractivity contribution in [3.8, 4) is 5.75 Å². The van der Waals surface area contributed by atoms with Crippen LogP contribution in [0.4, 0.5) is 17.9 Å². The second-order valence-electron chi connectivity index (χ2n) is 10.1. The number of nitrogens with one attached hydrogen (secondary N) is 2. The zero-order valence-electron chi connectivity index (χ0n) is 21.8. The van der Waals surface area contributed by atoms with E-state index in [4.69, 9.17) is 4.74 Å². The number of benzene rings is 2. The van der Waals surface area contributed by atoms with Gasteiger partial charge in [-0.25, -0.2) is 8.42 Å². The molecule has 1 aromatic heterocycles. The maximum atomic E-state index is 13.3. The Morgan fingerprint density at radius 1 is 0.949 bits per heavy atom. The van der Waals surface area contributed by atoms with Crippen molar-refractivity contribution >= 4 is 32.6 Å². The van der Waals surface area contributed by atoms with E-state index < -0.39 is 44.0 Å². The first kappa shape index (κ1) is 31.5. The summed E-state index contributed by atoms with van der Waals surface area (Å²) in [6.07, 6.45) is -3.54. The molecule has 0 spiro atoms. The average Bonchev–Trinajstić information content (AvgIpc) is 2.80. The zero-order valence-corrected chi connectivity index (χ0v) is 22.7. The van der Waals surface area contributed by atoms with Crippen molar-refractivity contribution in [2.75, 3.05) is 0 Å². The summed E-state index contributed by atoms with van der Waals surface area (Å²) in [7, 11) is -4.02. The van der Waals surface area contributed by atoms with E-state index in [1.165, 1.54) is 46.8 Å². The van der Waals surface area contributed by atoms with E-state index in [9.17, 15) is 31.2 Å². The van der Waals surface area contributed by atoms with Crippen LogP contribution in [-0.4, -0.2) is 35.5 Å². The normalized spacial score (nSPS) is 12.4. The molecule has 0 atom stereocenters. The van der Waals surface area contributed by atoms with Gasteiger partial charge in [-0.05, 0) is 52.1 Å². The number of hydrogen-bond acceptors (Lipinski definition) is 6. The van der Waals surface area contributed by atoms with Gasteiger partial charge in [-0.15, -0.1) is 0 Å². The maximum Gasteiger partial charge on any atom is 0.433 e. The van der Waals surface area contributed by atoms with Crippen LogP contribution < -0.4 is 14.8 Å². The van der Waals surface area contributed by atoms with Gasteiger partial charge in [-0.1, -0.05) is 36.4 Å². The fraction of sp³-hybridized carbons (Fsp3) is 0.346. The minimum Gasteiger partial charge on any atom is -0.487 e. The summed E-state index contributed by atoms with van der Waals surface area (Å²) >= 11 is 0. The zero-order chi connectivity index (χ0) is 28.5. The SMILES string of the molecule is CC(C)(NC(=O)c1ccc2ccccc2c1OCc1ccc(C(F)(F)F)nc1)C(=O)NS(=O)(=O)C(C)(C)C.F. The van der Waals surface area contributed by atoms with E-state index in [-0.39, 0.29) is 22.6 Å². The molecule has 1 heterocycles. The number of carbonyl (C=O) groups excluding carboxylic acids is 2. The summed E-state index contributed by atoms with van der Waals surface area (Å²) in [5, 5.41) is 3.83. The lowest BCUT2D eigenvalue weighted by molar-refractivity contribution is -0.141. The lowest BCUT2D eigenvalue weighted by Gasteiger charge is -2.28. The highest BCUT2D eigenvalue weighted by molar-refractivity contribution is 7.91. The monoisotopic (exact) mass is 571 g/mol. The van der Waals surface area contributed by atoms with Gasteiger partial charge in [0.1, 0.15) is 23.6 Å². The lowest BCUT2D eigenvalue weighted by atomic mass is 10.0. The second kappa shape index (κ2) is 11.2. The lowest BCUT2D eigenvalue weighted by Crippen LogP contribution is -2.57. The Labute approximate surface area is 223 Å². The standard InChI is InChI=1S/C26H28F3N3O5S.FH/c1-24(2,3)38(35,36)32-23(34)25(4,5)31-22(33)19-12-11-17-8-6-7-9-18(17)21(19)37-15-16-10-13-20(30-14-16)26(27,28)29;/h6-14H,15H2,1-5H3,(H,31,33)(H,32,34);1H. The molecule has 13 heteroatoms. The van der Waals surface area contributed by atoms with Crippen LogP contribution >= 0.6 is 0 Å². The van der Waals surface area contributed by atoms with Gasteiger partial charge in [-0.2, -0.15) is 13.2 Å². The molecule has 0 fully saturated rings. The van der Waals surface area contributed by atoms with Gasteiger partial charge >= 0.3 is 6.18 Å². The van der Waals surface area contributed by atoms with Crippen molar-refractivity contribution in [2.45, 2.75) is 57.7 Å². The molecule has 39 heavy (non-hydrogen) atoms. The number of pyridine rings is 1. The van der Waals surface area contributed by atoms with E-state index in [0.29, 0.717) is 10.9 Å². The second-order valence-corrected chi connectivity index (χ2v) is 12.6. The van der Waals surface area contributed by atoms with Crippen molar-refractivity contribution in [1.29, 1.82) is 0 Å². The first-order chi connectivity index (χ1) is 17.4. The van der Waals surface area contributed by atoms with Gasteiger partial charge in [0.25, 0.3) is 11.8 Å². The number of aromatic nitrogens is 1. The molecule has 0 aliphatic heterocycles. The Morgan fingerprint density at radius 3 is 2.15 bits per heavy atom. The van der Waals surface area contributed by atoms with Crippen LogP contribution in [0.1, 0.15) is 56.2 Å². The van der Waals surface area contributed by atoms with Gasteiger partial charge in [-0.3, -0.25) is 24.0 Å². The van der Waals surface area contributed by atoms with E-state index in [2.05, 4.69) is 10.3 Å². The Kier molecular flexibility index (Phi) is 9.01. The van der Waals surface area contributed by atoms with Gasteiger partial charge in [0, 0.05) is 17.1 Å². The number of nitrogens with zero attached hydrogens (tertiary/aromatic N) is 1. The Hall–Kier alpha value is -3.74. The molecule has 0 aliphatic rings. The van der Waals surface area contributed by atoms with Crippen LogP contribution in [0.15, 0.2) is 54.7 Å². The number of amides is 2. The molecule has 3 rings (SSSR count). The van der Waals surface area contributed by atoms with Crippen molar-refractivity contribution in [1.82, 2.24) is 15.0 Å². The molecule has 2 amide bonds. The topological polar surface area (TPSA) is 114 Å². The van der Waals surface area contributed by atoms with Crippen LogP contribution in [0.3, 0.4) is 0 Å². The molecule has 0 saturated carbocycles. The minimum atomic E-state index is -4.58. The molecule has 212 valence electrons. The summed E-state index contributed by atoms with van der Waals surface area (Å²) < 4.78 is 70.0. The number of sulfonamides is 1.